The molecule has 0 fully saturated rings. The molecule has 0 N–H and O–H groups in total. The van der Waals surface area contributed by atoms with Crippen molar-refractivity contribution in [1.82, 2.24) is 0 Å². The van der Waals surface area contributed by atoms with Crippen molar-refractivity contribution in [2.24, 2.45) is 0 Å². The van der Waals surface area contributed by atoms with Crippen LogP contribution < -0.4 is 0 Å². The second-order valence-corrected chi connectivity index (χ2v) is 3.14. The summed E-state index contributed by atoms with van der Waals surface area (Å²) in [6.45, 7) is 4.03. The molecule has 1 aromatic carbocycles. The molecule has 0 saturated heterocycles. The molecule has 0 saturated carbocycles. The second kappa shape index (κ2) is 3.90. The molecule has 0 aliphatic carbocycles. The van der Waals surface area contributed by atoms with Crippen LogP contribution in [0, 0.1) is 5.82 Å². The van der Waals surface area contributed by atoms with E-state index in [1.54, 1.807) is 6.07 Å². The molecule has 1 rings (SSSR count). The number of aryl methyl sites for hydroxylation is 1. The third-order valence-corrected chi connectivity index (χ3v) is 2.32. The molecule has 0 radical (unpaired) electrons. The Morgan fingerprint density at radius 3 is 2.42 bits per heavy atom. The monoisotopic (exact) mass is 186 g/mol. The molecule has 66 valence electrons. The van der Waals surface area contributed by atoms with Crippen LogP contribution in [0.3, 0.4) is 0 Å². The lowest BCUT2D eigenvalue weighted by atomic mass is 10.0. The summed E-state index contributed by atoms with van der Waals surface area (Å²) in [5.74, 6) is -0.242. The van der Waals surface area contributed by atoms with Gasteiger partial charge in [-0.25, -0.2) is 4.39 Å². The summed E-state index contributed by atoms with van der Waals surface area (Å²) in [6.07, 6.45) is 1.70. The molecule has 0 heterocycles. The van der Waals surface area contributed by atoms with Gasteiger partial charge in [0.25, 0.3) is 0 Å². The number of benzene rings is 1. The van der Waals surface area contributed by atoms with Gasteiger partial charge in [-0.15, -0.1) is 0 Å². The zero-order chi connectivity index (χ0) is 9.14. The second-order valence-electron chi connectivity index (χ2n) is 2.73. The van der Waals surface area contributed by atoms with Crippen molar-refractivity contribution in [2.75, 3.05) is 0 Å². The predicted molar refractivity (Wildman–Crippen MR) is 50.2 cm³/mol. The van der Waals surface area contributed by atoms with Gasteiger partial charge in [0.1, 0.15) is 5.82 Å². The molecule has 0 unspecified atom stereocenters. The number of hydrogen-bond acceptors (Lipinski definition) is 0. The zero-order valence-electron chi connectivity index (χ0n) is 7.32. The minimum atomic E-state index is -0.242. The minimum Gasteiger partial charge on any atom is -0.207 e. The van der Waals surface area contributed by atoms with E-state index in [-0.39, 0.29) is 5.82 Å². The van der Waals surface area contributed by atoms with Crippen molar-refractivity contribution in [3.8, 4) is 0 Å². The van der Waals surface area contributed by atoms with Crippen molar-refractivity contribution < 1.29 is 4.39 Å². The summed E-state index contributed by atoms with van der Waals surface area (Å²) in [7, 11) is 0. The van der Waals surface area contributed by atoms with Gasteiger partial charge in [0.05, 0.1) is 0 Å². The van der Waals surface area contributed by atoms with Gasteiger partial charge < -0.3 is 0 Å². The first kappa shape index (κ1) is 9.53. The maximum atomic E-state index is 12.8. The fraction of sp³-hybridized carbons (Fsp3) is 0.400. The van der Waals surface area contributed by atoms with Crippen LogP contribution in [-0.2, 0) is 12.8 Å². The molecule has 0 nitrogen and oxygen atoms in total. The van der Waals surface area contributed by atoms with E-state index in [2.05, 4.69) is 0 Å². The first-order valence-corrected chi connectivity index (χ1v) is 4.53. The van der Waals surface area contributed by atoms with Crippen LogP contribution >= 0.6 is 11.6 Å². The van der Waals surface area contributed by atoms with E-state index in [1.807, 2.05) is 13.8 Å². The van der Waals surface area contributed by atoms with E-state index in [0.29, 0.717) is 5.02 Å². The fourth-order valence-corrected chi connectivity index (χ4v) is 1.73. The number of rotatable bonds is 2. The number of halogens is 2. The first-order valence-electron chi connectivity index (χ1n) is 4.15. The highest BCUT2D eigenvalue weighted by Crippen LogP contribution is 2.22. The summed E-state index contributed by atoms with van der Waals surface area (Å²) in [5, 5.41) is 0.550. The minimum absolute atomic E-state index is 0.242. The van der Waals surface area contributed by atoms with Crippen molar-refractivity contribution in [1.29, 1.82) is 0 Å². The standard InChI is InChI=1S/C10H12ClF/c1-3-7-5-8(12)6-10(11)9(7)4-2/h5-6H,3-4H2,1-2H3. The third-order valence-electron chi connectivity index (χ3n) is 1.99. The summed E-state index contributed by atoms with van der Waals surface area (Å²) >= 11 is 5.87. The summed E-state index contributed by atoms with van der Waals surface area (Å²) in [5.41, 5.74) is 2.09. The third kappa shape index (κ3) is 1.78. The smallest absolute Gasteiger partial charge is 0.124 e. The van der Waals surface area contributed by atoms with Crippen molar-refractivity contribution in [3.63, 3.8) is 0 Å². The Labute approximate surface area is 77.4 Å². The molecule has 0 aliphatic heterocycles. The zero-order valence-corrected chi connectivity index (χ0v) is 8.08. The molecular formula is C10H12ClF. The van der Waals surface area contributed by atoms with Crippen LogP contribution in [0.25, 0.3) is 0 Å². The van der Waals surface area contributed by atoms with E-state index >= 15 is 0 Å². The fourth-order valence-electron chi connectivity index (χ4n) is 1.37. The lowest BCUT2D eigenvalue weighted by molar-refractivity contribution is 0.624. The Morgan fingerprint density at radius 1 is 1.25 bits per heavy atom. The molecule has 0 amide bonds. The Bertz CT molecular complexity index is 281. The van der Waals surface area contributed by atoms with E-state index in [9.17, 15) is 4.39 Å². The van der Waals surface area contributed by atoms with E-state index in [0.717, 1.165) is 24.0 Å². The largest absolute Gasteiger partial charge is 0.207 e. The molecule has 0 atom stereocenters. The van der Waals surface area contributed by atoms with Gasteiger partial charge in [-0.3, -0.25) is 0 Å². The highest BCUT2D eigenvalue weighted by atomic mass is 35.5. The molecule has 12 heavy (non-hydrogen) atoms. The topological polar surface area (TPSA) is 0 Å². The van der Waals surface area contributed by atoms with Crippen molar-refractivity contribution in [2.45, 2.75) is 26.7 Å². The van der Waals surface area contributed by atoms with Crippen molar-refractivity contribution >= 4 is 11.6 Å². The van der Waals surface area contributed by atoms with Crippen LogP contribution in [0.2, 0.25) is 5.02 Å². The summed E-state index contributed by atoms with van der Waals surface area (Å²) in [6, 6.07) is 2.93. The molecular weight excluding hydrogens is 175 g/mol. The quantitative estimate of drug-likeness (QED) is 0.662. The predicted octanol–water partition coefficient (Wildman–Crippen LogP) is 3.60. The van der Waals surface area contributed by atoms with E-state index in [1.165, 1.54) is 6.07 Å². The van der Waals surface area contributed by atoms with Gasteiger partial charge in [-0.2, -0.15) is 0 Å². The van der Waals surface area contributed by atoms with Gasteiger partial charge in [-0.05, 0) is 36.1 Å². The van der Waals surface area contributed by atoms with E-state index < -0.39 is 0 Å². The molecule has 1 aromatic rings. The molecule has 0 aromatic heterocycles. The Morgan fingerprint density at radius 2 is 1.92 bits per heavy atom. The molecule has 0 spiro atoms. The highest BCUT2D eigenvalue weighted by molar-refractivity contribution is 6.31. The number of hydrogen-bond donors (Lipinski definition) is 0. The lowest BCUT2D eigenvalue weighted by Crippen LogP contribution is -1.93. The highest BCUT2D eigenvalue weighted by Gasteiger charge is 2.05. The van der Waals surface area contributed by atoms with Crippen LogP contribution in [-0.4, -0.2) is 0 Å². The van der Waals surface area contributed by atoms with Gasteiger partial charge in [0, 0.05) is 5.02 Å². The van der Waals surface area contributed by atoms with Gasteiger partial charge in [0.15, 0.2) is 0 Å². The average molecular weight is 187 g/mol. The van der Waals surface area contributed by atoms with Crippen LogP contribution in [0.5, 0.6) is 0 Å². The normalized spacial score (nSPS) is 10.3. The van der Waals surface area contributed by atoms with Crippen LogP contribution in [0.4, 0.5) is 4.39 Å². The average Bonchev–Trinajstić information content (AvgIpc) is 2.03. The van der Waals surface area contributed by atoms with Crippen LogP contribution in [0.15, 0.2) is 12.1 Å². The Kier molecular flexibility index (Phi) is 3.10. The van der Waals surface area contributed by atoms with Gasteiger partial charge >= 0.3 is 0 Å². The SMILES string of the molecule is CCc1cc(F)cc(Cl)c1CC. The Hall–Kier alpha value is -0.560. The van der Waals surface area contributed by atoms with Gasteiger partial charge in [-0.1, -0.05) is 25.4 Å². The van der Waals surface area contributed by atoms with Crippen molar-refractivity contribution in [3.05, 3.63) is 34.1 Å². The lowest BCUT2D eigenvalue weighted by Gasteiger charge is -2.07. The van der Waals surface area contributed by atoms with E-state index in [4.69, 9.17) is 11.6 Å². The summed E-state index contributed by atoms with van der Waals surface area (Å²) < 4.78 is 12.8. The molecule has 2 heteroatoms. The maximum Gasteiger partial charge on any atom is 0.124 e. The molecule has 0 aliphatic rings. The maximum absolute atomic E-state index is 12.8. The summed E-state index contributed by atoms with van der Waals surface area (Å²) in [4.78, 5) is 0. The van der Waals surface area contributed by atoms with Gasteiger partial charge in [0.2, 0.25) is 0 Å². The van der Waals surface area contributed by atoms with Crippen LogP contribution in [0.1, 0.15) is 25.0 Å². The first-order chi connectivity index (χ1) is 5.69. The Balaban J connectivity index is 3.24. The molecule has 0 bridgehead atoms.